The number of aromatic nitrogens is 1. The number of rotatable bonds is 4. The number of carbonyl (C=O) groups excluding carboxylic acids is 1. The number of pyridine rings is 1. The van der Waals surface area contributed by atoms with Crippen molar-refractivity contribution in [3.63, 3.8) is 0 Å². The summed E-state index contributed by atoms with van der Waals surface area (Å²) in [6.07, 6.45) is 1.40. The van der Waals surface area contributed by atoms with Crippen molar-refractivity contribution in [2.45, 2.75) is 13.2 Å². The number of benzene rings is 1. The molecule has 104 valence electrons. The molecule has 5 nitrogen and oxygen atoms in total. The molecule has 0 amide bonds. The molecule has 0 aliphatic heterocycles. The van der Waals surface area contributed by atoms with Crippen LogP contribution in [0.25, 0.3) is 0 Å². The summed E-state index contributed by atoms with van der Waals surface area (Å²) in [5, 5.41) is 0.529. The number of nitrogens with two attached hydrogens (primary N) is 1. The van der Waals surface area contributed by atoms with E-state index in [9.17, 15) is 9.59 Å². The summed E-state index contributed by atoms with van der Waals surface area (Å²) < 4.78 is 6.28. The smallest absolute Gasteiger partial charge is 0.326 e. The summed E-state index contributed by atoms with van der Waals surface area (Å²) in [6.45, 7) is -0.121. The Morgan fingerprint density at radius 2 is 2.00 bits per heavy atom. The lowest BCUT2D eigenvalue weighted by Crippen LogP contribution is -2.24. The second-order valence-corrected chi connectivity index (χ2v) is 4.59. The highest BCUT2D eigenvalue weighted by molar-refractivity contribution is 6.31. The Morgan fingerprint density at radius 1 is 1.25 bits per heavy atom. The van der Waals surface area contributed by atoms with Crippen molar-refractivity contribution in [3.05, 3.63) is 63.5 Å². The Kier molecular flexibility index (Phi) is 4.42. The van der Waals surface area contributed by atoms with Gasteiger partial charge < -0.3 is 15.0 Å². The van der Waals surface area contributed by atoms with Gasteiger partial charge in [-0.2, -0.15) is 0 Å². The summed E-state index contributed by atoms with van der Waals surface area (Å²) in [6, 6.07) is 9.86. The summed E-state index contributed by atoms with van der Waals surface area (Å²) >= 11 is 5.95. The molecule has 0 radical (unpaired) electrons. The third-order valence-corrected chi connectivity index (χ3v) is 3.02. The van der Waals surface area contributed by atoms with Gasteiger partial charge in [-0.15, -0.1) is 0 Å². The van der Waals surface area contributed by atoms with Gasteiger partial charge in [0.2, 0.25) is 0 Å². The largest absolute Gasteiger partial charge is 0.459 e. The van der Waals surface area contributed by atoms with Gasteiger partial charge in [0.25, 0.3) is 5.56 Å². The van der Waals surface area contributed by atoms with Crippen molar-refractivity contribution in [2.75, 3.05) is 5.73 Å². The number of hydrogen-bond donors (Lipinski definition) is 1. The van der Waals surface area contributed by atoms with Gasteiger partial charge in [0, 0.05) is 28.5 Å². The second kappa shape index (κ2) is 6.25. The topological polar surface area (TPSA) is 74.3 Å². The van der Waals surface area contributed by atoms with Crippen molar-refractivity contribution in [1.29, 1.82) is 0 Å². The Hall–Kier alpha value is -2.27. The highest BCUT2D eigenvalue weighted by Gasteiger charge is 2.07. The summed E-state index contributed by atoms with van der Waals surface area (Å²) in [5.74, 6) is -0.530. The zero-order valence-electron chi connectivity index (χ0n) is 10.6. The fourth-order valence-corrected chi connectivity index (χ4v) is 1.82. The minimum atomic E-state index is -0.530. The molecule has 0 aliphatic rings. The molecule has 6 heteroatoms. The van der Waals surface area contributed by atoms with Crippen LogP contribution >= 0.6 is 11.6 Å². The van der Waals surface area contributed by atoms with E-state index in [0.29, 0.717) is 16.3 Å². The molecule has 0 saturated carbocycles. The molecule has 2 aromatic rings. The predicted molar refractivity (Wildman–Crippen MR) is 76.4 cm³/mol. The monoisotopic (exact) mass is 292 g/mol. The maximum atomic E-state index is 11.7. The van der Waals surface area contributed by atoms with Crippen LogP contribution in [0, 0.1) is 0 Å². The van der Waals surface area contributed by atoms with Crippen molar-refractivity contribution in [2.24, 2.45) is 0 Å². The lowest BCUT2D eigenvalue weighted by atomic mass is 10.2. The number of ether oxygens (including phenoxy) is 1. The fraction of sp³-hybridized carbons (Fsp3) is 0.143. The average Bonchev–Trinajstić information content (AvgIpc) is 2.42. The van der Waals surface area contributed by atoms with Crippen LogP contribution in [0.3, 0.4) is 0 Å². The Morgan fingerprint density at radius 3 is 2.75 bits per heavy atom. The number of esters is 1. The number of carbonyl (C=O) groups is 1. The molecule has 0 fully saturated rings. The molecular weight excluding hydrogens is 280 g/mol. The highest BCUT2D eigenvalue weighted by atomic mass is 35.5. The quantitative estimate of drug-likeness (QED) is 0.873. The zero-order chi connectivity index (χ0) is 14.5. The number of hydrogen-bond acceptors (Lipinski definition) is 4. The van der Waals surface area contributed by atoms with Gasteiger partial charge >= 0.3 is 5.97 Å². The molecule has 1 aromatic heterocycles. The van der Waals surface area contributed by atoms with Gasteiger partial charge in [-0.05, 0) is 12.1 Å². The van der Waals surface area contributed by atoms with E-state index in [4.69, 9.17) is 22.1 Å². The minimum absolute atomic E-state index is 0.0651. The standard InChI is InChI=1S/C14H13ClN2O3/c15-12-4-2-1-3-10(12)9-20-14(19)8-17-7-11(16)5-6-13(17)18/h1-7H,8-9,16H2. The first kappa shape index (κ1) is 14.1. The van der Waals surface area contributed by atoms with Crippen LogP contribution < -0.4 is 11.3 Å². The predicted octanol–water partition coefficient (Wildman–Crippen LogP) is 1.83. The lowest BCUT2D eigenvalue weighted by molar-refractivity contribution is -0.145. The number of anilines is 1. The SMILES string of the molecule is Nc1ccc(=O)n(CC(=O)OCc2ccccc2Cl)c1. The molecule has 2 rings (SSSR count). The maximum absolute atomic E-state index is 11.7. The van der Waals surface area contributed by atoms with E-state index in [-0.39, 0.29) is 18.7 Å². The lowest BCUT2D eigenvalue weighted by Gasteiger charge is -2.08. The average molecular weight is 293 g/mol. The van der Waals surface area contributed by atoms with Crippen molar-refractivity contribution >= 4 is 23.3 Å². The van der Waals surface area contributed by atoms with Crippen LogP contribution in [0.2, 0.25) is 5.02 Å². The molecule has 1 heterocycles. The first-order valence-electron chi connectivity index (χ1n) is 5.91. The Bertz CT molecular complexity index is 682. The van der Waals surface area contributed by atoms with Crippen LogP contribution in [-0.4, -0.2) is 10.5 Å². The van der Waals surface area contributed by atoms with E-state index in [0.717, 1.165) is 0 Å². The van der Waals surface area contributed by atoms with Gasteiger partial charge in [0.15, 0.2) is 0 Å². The molecule has 0 bridgehead atoms. The van der Waals surface area contributed by atoms with Gasteiger partial charge in [0.05, 0.1) is 0 Å². The van der Waals surface area contributed by atoms with Crippen LogP contribution in [0.5, 0.6) is 0 Å². The third-order valence-electron chi connectivity index (χ3n) is 2.65. The number of nitrogen functional groups attached to an aromatic ring is 1. The highest BCUT2D eigenvalue weighted by Crippen LogP contribution is 2.15. The maximum Gasteiger partial charge on any atom is 0.326 e. The van der Waals surface area contributed by atoms with E-state index >= 15 is 0 Å². The zero-order valence-corrected chi connectivity index (χ0v) is 11.3. The third kappa shape index (κ3) is 3.61. The van der Waals surface area contributed by atoms with Crippen LogP contribution in [-0.2, 0) is 22.7 Å². The molecule has 0 atom stereocenters. The molecule has 0 unspecified atom stereocenters. The first-order chi connectivity index (χ1) is 9.56. The number of nitrogens with zero attached hydrogens (tertiary/aromatic N) is 1. The molecule has 0 saturated heterocycles. The summed E-state index contributed by atoms with van der Waals surface area (Å²) in [5.41, 5.74) is 6.36. The van der Waals surface area contributed by atoms with Gasteiger partial charge in [-0.3, -0.25) is 9.59 Å². The minimum Gasteiger partial charge on any atom is -0.459 e. The molecule has 1 aromatic carbocycles. The number of halogens is 1. The normalized spacial score (nSPS) is 10.2. The molecule has 0 spiro atoms. The molecule has 2 N–H and O–H groups in total. The van der Waals surface area contributed by atoms with E-state index in [2.05, 4.69) is 0 Å². The first-order valence-corrected chi connectivity index (χ1v) is 6.29. The summed E-state index contributed by atoms with van der Waals surface area (Å²) in [4.78, 5) is 23.2. The van der Waals surface area contributed by atoms with Gasteiger partial charge in [-0.25, -0.2) is 0 Å². The van der Waals surface area contributed by atoms with E-state index < -0.39 is 5.97 Å². The van der Waals surface area contributed by atoms with Gasteiger partial charge in [-0.1, -0.05) is 29.8 Å². The Balaban J connectivity index is 1.98. The van der Waals surface area contributed by atoms with Crippen LogP contribution in [0.15, 0.2) is 47.4 Å². The van der Waals surface area contributed by atoms with E-state index in [1.165, 1.54) is 22.9 Å². The van der Waals surface area contributed by atoms with E-state index in [1.54, 1.807) is 24.3 Å². The Labute approximate surface area is 120 Å². The van der Waals surface area contributed by atoms with Crippen molar-refractivity contribution in [1.82, 2.24) is 4.57 Å². The van der Waals surface area contributed by atoms with Gasteiger partial charge in [0.1, 0.15) is 13.2 Å². The fourth-order valence-electron chi connectivity index (χ4n) is 1.63. The van der Waals surface area contributed by atoms with Crippen molar-refractivity contribution < 1.29 is 9.53 Å². The molecular formula is C14H13ClN2O3. The van der Waals surface area contributed by atoms with Crippen molar-refractivity contribution in [3.8, 4) is 0 Å². The van der Waals surface area contributed by atoms with Crippen LogP contribution in [0.4, 0.5) is 5.69 Å². The summed E-state index contributed by atoms with van der Waals surface area (Å²) in [7, 11) is 0. The second-order valence-electron chi connectivity index (χ2n) is 4.18. The molecule has 0 aliphatic carbocycles. The van der Waals surface area contributed by atoms with Crippen LogP contribution in [0.1, 0.15) is 5.56 Å². The molecule has 20 heavy (non-hydrogen) atoms. The van der Waals surface area contributed by atoms with E-state index in [1.807, 2.05) is 0 Å².